The van der Waals surface area contributed by atoms with Crippen molar-refractivity contribution in [3.8, 4) is 0 Å². The topological polar surface area (TPSA) is 52.7 Å². The number of nitrogens with one attached hydrogen (secondary N) is 1. The lowest BCUT2D eigenvalue weighted by molar-refractivity contribution is -0.138. The highest BCUT2D eigenvalue weighted by molar-refractivity contribution is 6.37. The van der Waals surface area contributed by atoms with E-state index in [2.05, 4.69) is 22.3 Å². The standard InChI is InChI=1S/C24H26ClN3O2/c1-16(2)28-23(29)21(17-6-8-18(25)9-7-17)22(24(28)30)26-19-10-12-20(13-11-19)27-14-4-3-5-15-27/h6-13,16,26H,3-5,14-15H2,1-2H3. The molecule has 0 atom stereocenters. The maximum Gasteiger partial charge on any atom is 0.278 e. The molecule has 4 rings (SSSR count). The highest BCUT2D eigenvalue weighted by Gasteiger charge is 2.40. The molecule has 0 saturated carbocycles. The Labute approximate surface area is 182 Å². The van der Waals surface area contributed by atoms with Crippen molar-refractivity contribution < 1.29 is 9.59 Å². The summed E-state index contributed by atoms with van der Waals surface area (Å²) in [5.41, 5.74) is 3.33. The van der Waals surface area contributed by atoms with Crippen LogP contribution in [0.3, 0.4) is 0 Å². The molecule has 2 amide bonds. The minimum absolute atomic E-state index is 0.229. The fourth-order valence-corrected chi connectivity index (χ4v) is 4.19. The van der Waals surface area contributed by atoms with Gasteiger partial charge in [-0.15, -0.1) is 0 Å². The second-order valence-corrected chi connectivity index (χ2v) is 8.49. The van der Waals surface area contributed by atoms with Gasteiger partial charge in [-0.05, 0) is 75.1 Å². The molecule has 0 aromatic heterocycles. The van der Waals surface area contributed by atoms with Crippen molar-refractivity contribution >= 4 is 40.4 Å². The summed E-state index contributed by atoms with van der Waals surface area (Å²) in [7, 11) is 0. The summed E-state index contributed by atoms with van der Waals surface area (Å²) >= 11 is 6.01. The predicted octanol–water partition coefficient (Wildman–Crippen LogP) is 4.93. The molecular formula is C24H26ClN3O2. The zero-order chi connectivity index (χ0) is 21.3. The molecule has 2 aliphatic heterocycles. The van der Waals surface area contributed by atoms with Crippen molar-refractivity contribution in [2.75, 3.05) is 23.3 Å². The van der Waals surface area contributed by atoms with Crippen LogP contribution in [-0.4, -0.2) is 35.8 Å². The van der Waals surface area contributed by atoms with E-state index in [9.17, 15) is 9.59 Å². The van der Waals surface area contributed by atoms with E-state index < -0.39 is 0 Å². The number of imide groups is 1. The summed E-state index contributed by atoms with van der Waals surface area (Å²) in [5, 5.41) is 3.80. The molecule has 0 radical (unpaired) electrons. The van der Waals surface area contributed by atoms with E-state index in [-0.39, 0.29) is 17.9 Å². The van der Waals surface area contributed by atoms with Crippen molar-refractivity contribution in [3.05, 3.63) is 64.8 Å². The third-order valence-electron chi connectivity index (χ3n) is 5.62. The number of hydrogen-bond acceptors (Lipinski definition) is 4. The molecule has 2 heterocycles. The number of halogens is 1. The van der Waals surface area contributed by atoms with Crippen LogP contribution in [0.25, 0.3) is 5.57 Å². The second kappa shape index (κ2) is 8.52. The number of anilines is 2. The van der Waals surface area contributed by atoms with Crippen LogP contribution < -0.4 is 10.2 Å². The minimum Gasteiger partial charge on any atom is -0.372 e. The van der Waals surface area contributed by atoms with E-state index in [1.807, 2.05) is 26.0 Å². The predicted molar refractivity (Wildman–Crippen MR) is 121 cm³/mol. The van der Waals surface area contributed by atoms with Gasteiger partial charge in [-0.2, -0.15) is 0 Å². The van der Waals surface area contributed by atoms with Crippen molar-refractivity contribution in [3.63, 3.8) is 0 Å². The van der Waals surface area contributed by atoms with Crippen molar-refractivity contribution in [2.24, 2.45) is 0 Å². The van der Waals surface area contributed by atoms with E-state index in [1.54, 1.807) is 24.3 Å². The molecule has 0 bridgehead atoms. The van der Waals surface area contributed by atoms with Crippen LogP contribution in [0, 0.1) is 0 Å². The third kappa shape index (κ3) is 3.94. The van der Waals surface area contributed by atoms with Crippen LogP contribution in [-0.2, 0) is 9.59 Å². The summed E-state index contributed by atoms with van der Waals surface area (Å²) in [5.74, 6) is -0.593. The minimum atomic E-state index is -0.306. The van der Waals surface area contributed by atoms with Crippen molar-refractivity contribution in [1.82, 2.24) is 4.90 Å². The van der Waals surface area contributed by atoms with Crippen molar-refractivity contribution in [2.45, 2.75) is 39.2 Å². The number of benzene rings is 2. The van der Waals surface area contributed by atoms with Gasteiger partial charge in [-0.3, -0.25) is 14.5 Å². The van der Waals surface area contributed by atoms with Gasteiger partial charge in [0, 0.05) is 35.5 Å². The van der Waals surface area contributed by atoms with Crippen LogP contribution in [0.15, 0.2) is 54.2 Å². The Bertz CT molecular complexity index is 975. The van der Waals surface area contributed by atoms with Crippen LogP contribution >= 0.6 is 11.6 Å². The molecule has 0 unspecified atom stereocenters. The smallest absolute Gasteiger partial charge is 0.278 e. The maximum absolute atomic E-state index is 13.1. The fourth-order valence-electron chi connectivity index (χ4n) is 4.07. The van der Waals surface area contributed by atoms with E-state index in [0.717, 1.165) is 18.8 Å². The quantitative estimate of drug-likeness (QED) is 0.693. The molecular weight excluding hydrogens is 398 g/mol. The Morgan fingerprint density at radius 3 is 2.10 bits per heavy atom. The number of amides is 2. The van der Waals surface area contributed by atoms with E-state index >= 15 is 0 Å². The molecule has 2 aliphatic rings. The first-order chi connectivity index (χ1) is 14.5. The highest BCUT2D eigenvalue weighted by atomic mass is 35.5. The van der Waals surface area contributed by atoms with E-state index in [4.69, 9.17) is 11.6 Å². The third-order valence-corrected chi connectivity index (χ3v) is 5.87. The first-order valence-electron chi connectivity index (χ1n) is 10.5. The Morgan fingerprint density at radius 1 is 0.867 bits per heavy atom. The summed E-state index contributed by atoms with van der Waals surface area (Å²) in [6, 6.07) is 14.8. The largest absolute Gasteiger partial charge is 0.372 e. The lowest BCUT2D eigenvalue weighted by atomic mass is 10.0. The van der Waals surface area contributed by atoms with Crippen LogP contribution in [0.5, 0.6) is 0 Å². The number of hydrogen-bond donors (Lipinski definition) is 1. The van der Waals surface area contributed by atoms with Gasteiger partial charge in [0.2, 0.25) is 0 Å². The molecule has 30 heavy (non-hydrogen) atoms. The fraction of sp³-hybridized carbons (Fsp3) is 0.333. The lowest BCUT2D eigenvalue weighted by Crippen LogP contribution is -2.38. The summed E-state index contributed by atoms with van der Waals surface area (Å²) < 4.78 is 0. The zero-order valence-corrected chi connectivity index (χ0v) is 18.1. The molecule has 1 N–H and O–H groups in total. The Morgan fingerprint density at radius 2 is 1.50 bits per heavy atom. The van der Waals surface area contributed by atoms with Gasteiger partial charge in [-0.25, -0.2) is 0 Å². The molecule has 0 aliphatic carbocycles. The zero-order valence-electron chi connectivity index (χ0n) is 17.3. The average molecular weight is 424 g/mol. The highest BCUT2D eigenvalue weighted by Crippen LogP contribution is 2.32. The Kier molecular flexibility index (Phi) is 5.82. The number of carbonyl (C=O) groups excluding carboxylic acids is 2. The first-order valence-corrected chi connectivity index (χ1v) is 10.8. The molecule has 1 saturated heterocycles. The van der Waals surface area contributed by atoms with Crippen LogP contribution in [0.1, 0.15) is 38.7 Å². The molecule has 156 valence electrons. The molecule has 1 fully saturated rings. The number of carbonyl (C=O) groups is 2. The molecule has 2 aromatic carbocycles. The number of piperidine rings is 1. The van der Waals surface area contributed by atoms with Gasteiger partial charge < -0.3 is 10.2 Å². The van der Waals surface area contributed by atoms with Crippen molar-refractivity contribution in [1.29, 1.82) is 0 Å². The lowest BCUT2D eigenvalue weighted by Gasteiger charge is -2.28. The van der Waals surface area contributed by atoms with E-state index in [1.165, 1.54) is 29.8 Å². The number of rotatable bonds is 5. The van der Waals surface area contributed by atoms with Gasteiger partial charge in [0.1, 0.15) is 5.70 Å². The monoisotopic (exact) mass is 423 g/mol. The van der Waals surface area contributed by atoms with Crippen LogP contribution in [0.4, 0.5) is 11.4 Å². The molecule has 6 heteroatoms. The maximum atomic E-state index is 13.1. The summed E-state index contributed by atoms with van der Waals surface area (Å²) in [6.07, 6.45) is 3.73. The average Bonchev–Trinajstić information content (AvgIpc) is 2.99. The molecule has 2 aromatic rings. The summed E-state index contributed by atoms with van der Waals surface area (Å²) in [4.78, 5) is 29.8. The van der Waals surface area contributed by atoms with Crippen LogP contribution in [0.2, 0.25) is 5.02 Å². The normalized spacial score (nSPS) is 17.3. The van der Waals surface area contributed by atoms with E-state index in [0.29, 0.717) is 21.9 Å². The molecule has 5 nitrogen and oxygen atoms in total. The van der Waals surface area contributed by atoms with Gasteiger partial charge in [0.25, 0.3) is 11.8 Å². The Balaban J connectivity index is 1.65. The second-order valence-electron chi connectivity index (χ2n) is 8.05. The van der Waals surface area contributed by atoms with Gasteiger partial charge in [0.05, 0.1) is 5.57 Å². The first kappa shape index (κ1) is 20.5. The summed E-state index contributed by atoms with van der Waals surface area (Å²) in [6.45, 7) is 5.83. The Hall–Kier alpha value is -2.79. The van der Waals surface area contributed by atoms with Gasteiger partial charge >= 0.3 is 0 Å². The SMILES string of the molecule is CC(C)N1C(=O)C(Nc2ccc(N3CCCCC3)cc2)=C(c2ccc(Cl)cc2)C1=O. The van der Waals surface area contributed by atoms with Gasteiger partial charge in [0.15, 0.2) is 0 Å². The number of nitrogens with zero attached hydrogens (tertiary/aromatic N) is 2. The molecule has 0 spiro atoms. The van der Waals surface area contributed by atoms with Gasteiger partial charge in [-0.1, -0.05) is 23.7 Å².